The summed E-state index contributed by atoms with van der Waals surface area (Å²) in [5.41, 5.74) is 1.40. The summed E-state index contributed by atoms with van der Waals surface area (Å²) in [5, 5.41) is 13.0. The molecule has 5 nitrogen and oxygen atoms in total. The van der Waals surface area contributed by atoms with Crippen LogP contribution in [0.2, 0.25) is 0 Å². The van der Waals surface area contributed by atoms with E-state index in [0.29, 0.717) is 18.2 Å². The van der Waals surface area contributed by atoms with Crippen LogP contribution < -0.4 is 4.90 Å². The van der Waals surface area contributed by atoms with Crippen LogP contribution in [-0.2, 0) is 23.2 Å². The van der Waals surface area contributed by atoms with Crippen molar-refractivity contribution in [2.24, 2.45) is 5.92 Å². The second kappa shape index (κ2) is 7.51. The molecule has 27 heavy (non-hydrogen) atoms. The molecule has 0 radical (unpaired) electrons. The van der Waals surface area contributed by atoms with Crippen LogP contribution >= 0.6 is 22.7 Å². The molecule has 7 heteroatoms. The van der Waals surface area contributed by atoms with Gasteiger partial charge in [0.15, 0.2) is 0 Å². The molecule has 2 aromatic rings. The average Bonchev–Trinajstić information content (AvgIpc) is 3.31. The molecule has 1 saturated heterocycles. The number of piperidine rings is 1. The number of carbonyl (C=O) groups is 1. The number of carbonyl (C=O) groups excluding carboxylic acids is 1. The molecule has 2 aromatic heterocycles. The van der Waals surface area contributed by atoms with Crippen LogP contribution in [0.1, 0.15) is 55.5 Å². The molecule has 4 heterocycles. The second-order valence-corrected chi connectivity index (χ2v) is 10.7. The van der Waals surface area contributed by atoms with Gasteiger partial charge in [0.2, 0.25) is 11.0 Å². The van der Waals surface area contributed by atoms with Crippen molar-refractivity contribution in [1.82, 2.24) is 15.1 Å². The third-order valence-electron chi connectivity index (χ3n) is 5.56. The predicted molar refractivity (Wildman–Crippen MR) is 112 cm³/mol. The number of aromatic nitrogens is 2. The molecule has 0 bridgehead atoms. The SMILES string of the molecule is CC(C)(C)c1nnc(N2CCC(CC(=O)N3CCc4sccc4C3)CC2)s1. The lowest BCUT2D eigenvalue weighted by atomic mass is 9.93. The van der Waals surface area contributed by atoms with Crippen LogP contribution in [-0.4, -0.2) is 40.6 Å². The minimum atomic E-state index is 0.0530. The predicted octanol–water partition coefficient (Wildman–Crippen LogP) is 4.09. The second-order valence-electron chi connectivity index (χ2n) is 8.71. The average molecular weight is 405 g/mol. The summed E-state index contributed by atoms with van der Waals surface area (Å²) in [6, 6.07) is 2.17. The van der Waals surface area contributed by atoms with E-state index in [1.807, 2.05) is 11.3 Å². The fourth-order valence-corrected chi connectivity index (χ4v) is 5.66. The van der Waals surface area contributed by atoms with Gasteiger partial charge in [-0.1, -0.05) is 32.1 Å². The fourth-order valence-electron chi connectivity index (χ4n) is 3.81. The van der Waals surface area contributed by atoms with Gasteiger partial charge >= 0.3 is 0 Å². The molecule has 1 amide bonds. The molecule has 2 aliphatic heterocycles. The Bertz CT molecular complexity index is 799. The Hall–Kier alpha value is -1.47. The Labute approximate surface area is 169 Å². The van der Waals surface area contributed by atoms with Crippen molar-refractivity contribution in [3.05, 3.63) is 26.9 Å². The first-order chi connectivity index (χ1) is 12.9. The first kappa shape index (κ1) is 18.9. The highest BCUT2D eigenvalue weighted by atomic mass is 32.1. The lowest BCUT2D eigenvalue weighted by molar-refractivity contribution is -0.133. The summed E-state index contributed by atoms with van der Waals surface area (Å²) in [4.78, 5) is 18.6. The molecule has 0 aliphatic carbocycles. The van der Waals surface area contributed by atoms with Gasteiger partial charge in [-0.15, -0.1) is 21.5 Å². The van der Waals surface area contributed by atoms with Gasteiger partial charge in [-0.25, -0.2) is 0 Å². The number of fused-ring (bicyclic) bond motifs is 1. The molecule has 146 valence electrons. The van der Waals surface area contributed by atoms with Crippen molar-refractivity contribution in [2.45, 2.75) is 58.4 Å². The van der Waals surface area contributed by atoms with Gasteiger partial charge in [-0.2, -0.15) is 0 Å². The van der Waals surface area contributed by atoms with Crippen LogP contribution in [0.4, 0.5) is 5.13 Å². The van der Waals surface area contributed by atoms with E-state index < -0.39 is 0 Å². The van der Waals surface area contributed by atoms with E-state index in [-0.39, 0.29) is 5.41 Å². The first-order valence-corrected chi connectivity index (χ1v) is 11.5. The minimum absolute atomic E-state index is 0.0530. The van der Waals surface area contributed by atoms with Gasteiger partial charge in [0, 0.05) is 42.9 Å². The molecule has 0 saturated carbocycles. The monoisotopic (exact) mass is 404 g/mol. The topological polar surface area (TPSA) is 49.3 Å². The Morgan fingerprint density at radius 3 is 2.70 bits per heavy atom. The van der Waals surface area contributed by atoms with Crippen molar-refractivity contribution in [1.29, 1.82) is 0 Å². The maximum atomic E-state index is 12.8. The maximum Gasteiger partial charge on any atom is 0.223 e. The van der Waals surface area contributed by atoms with Crippen LogP contribution in [0.3, 0.4) is 0 Å². The van der Waals surface area contributed by atoms with Gasteiger partial charge in [-0.05, 0) is 42.2 Å². The summed E-state index contributed by atoms with van der Waals surface area (Å²) in [5.74, 6) is 0.823. The van der Waals surface area contributed by atoms with E-state index in [4.69, 9.17) is 0 Å². The zero-order chi connectivity index (χ0) is 19.0. The standard InChI is InChI=1S/C20H28N4OS2/c1-20(2,3)18-21-22-19(27-18)23-8-4-14(5-9-23)12-17(25)24-10-6-16-15(13-24)7-11-26-16/h7,11,14H,4-6,8-10,12-13H2,1-3H3. The van der Waals surface area contributed by atoms with E-state index in [0.717, 1.165) is 55.6 Å². The molecule has 0 unspecified atom stereocenters. The van der Waals surface area contributed by atoms with Gasteiger partial charge in [-0.3, -0.25) is 4.79 Å². The molecule has 0 atom stereocenters. The molecule has 0 N–H and O–H groups in total. The third kappa shape index (κ3) is 4.19. The lowest BCUT2D eigenvalue weighted by Gasteiger charge is -2.33. The van der Waals surface area contributed by atoms with Crippen molar-refractivity contribution in [2.75, 3.05) is 24.5 Å². The normalized spacial score (nSPS) is 18.6. The summed E-state index contributed by atoms with van der Waals surface area (Å²) in [6.45, 7) is 10.2. The van der Waals surface area contributed by atoms with Crippen LogP contribution in [0.15, 0.2) is 11.4 Å². The Morgan fingerprint density at radius 2 is 2.00 bits per heavy atom. The summed E-state index contributed by atoms with van der Waals surface area (Å²) in [7, 11) is 0. The minimum Gasteiger partial charge on any atom is -0.347 e. The molecule has 0 spiro atoms. The third-order valence-corrected chi connectivity index (χ3v) is 8.00. The van der Waals surface area contributed by atoms with E-state index in [1.165, 1.54) is 10.4 Å². The quantitative estimate of drug-likeness (QED) is 0.773. The van der Waals surface area contributed by atoms with Gasteiger partial charge in [0.25, 0.3) is 0 Å². The highest BCUT2D eigenvalue weighted by molar-refractivity contribution is 7.15. The van der Waals surface area contributed by atoms with Gasteiger partial charge in [0.05, 0.1) is 0 Å². The molecule has 1 fully saturated rings. The van der Waals surface area contributed by atoms with Gasteiger partial charge < -0.3 is 9.80 Å². The van der Waals surface area contributed by atoms with E-state index in [1.54, 1.807) is 11.3 Å². The Morgan fingerprint density at radius 1 is 1.22 bits per heavy atom. The smallest absolute Gasteiger partial charge is 0.223 e. The summed E-state index contributed by atoms with van der Waals surface area (Å²) < 4.78 is 0. The Kier molecular flexibility index (Phi) is 5.25. The highest BCUT2D eigenvalue weighted by Gasteiger charge is 2.28. The van der Waals surface area contributed by atoms with E-state index in [9.17, 15) is 4.79 Å². The Balaban J connectivity index is 1.28. The van der Waals surface area contributed by atoms with Crippen molar-refractivity contribution < 1.29 is 4.79 Å². The molecule has 4 rings (SSSR count). The number of hydrogen-bond donors (Lipinski definition) is 0. The largest absolute Gasteiger partial charge is 0.347 e. The van der Waals surface area contributed by atoms with Crippen LogP contribution in [0, 0.1) is 5.92 Å². The van der Waals surface area contributed by atoms with E-state index in [2.05, 4.69) is 52.2 Å². The zero-order valence-electron chi connectivity index (χ0n) is 16.4. The molecular formula is C20H28N4OS2. The number of anilines is 1. The highest BCUT2D eigenvalue weighted by Crippen LogP contribution is 2.33. The molecule has 0 aromatic carbocycles. The van der Waals surface area contributed by atoms with Crippen molar-refractivity contribution in [3.8, 4) is 0 Å². The zero-order valence-corrected chi connectivity index (χ0v) is 18.0. The summed E-state index contributed by atoms with van der Waals surface area (Å²) in [6.07, 6.45) is 3.84. The number of hydrogen-bond acceptors (Lipinski definition) is 6. The fraction of sp³-hybridized carbons (Fsp3) is 0.650. The number of rotatable bonds is 3. The first-order valence-electron chi connectivity index (χ1n) is 9.82. The van der Waals surface area contributed by atoms with Crippen molar-refractivity contribution in [3.63, 3.8) is 0 Å². The number of amides is 1. The van der Waals surface area contributed by atoms with Gasteiger partial charge in [0.1, 0.15) is 5.01 Å². The van der Waals surface area contributed by atoms with E-state index >= 15 is 0 Å². The van der Waals surface area contributed by atoms with Crippen LogP contribution in [0.25, 0.3) is 0 Å². The lowest BCUT2D eigenvalue weighted by Crippen LogP contribution is -2.39. The summed E-state index contributed by atoms with van der Waals surface area (Å²) >= 11 is 3.53. The number of thiophene rings is 1. The van der Waals surface area contributed by atoms with Crippen LogP contribution in [0.5, 0.6) is 0 Å². The molecular weight excluding hydrogens is 376 g/mol. The van der Waals surface area contributed by atoms with Crippen molar-refractivity contribution >= 4 is 33.7 Å². The number of nitrogens with zero attached hydrogens (tertiary/aromatic N) is 4. The maximum absolute atomic E-state index is 12.8. The molecule has 2 aliphatic rings.